The molecule has 0 fully saturated rings. The van der Waals surface area contributed by atoms with Crippen molar-refractivity contribution in [1.82, 2.24) is 15.0 Å². The molecule has 3 aromatic rings. The first-order chi connectivity index (χ1) is 8.84. The maximum atomic E-state index is 5.68. The molecule has 0 spiro atoms. The molecule has 0 aliphatic carbocycles. The molecule has 0 amide bonds. The molecule has 5 heteroatoms. The molecule has 0 saturated carbocycles. The molecule has 0 bridgehead atoms. The number of furan rings is 1. The summed E-state index contributed by atoms with van der Waals surface area (Å²) in [5.41, 5.74) is 7.96. The Morgan fingerprint density at radius 2 is 1.89 bits per heavy atom. The lowest BCUT2D eigenvalue weighted by Crippen LogP contribution is -1.97. The molecule has 0 unspecified atom stereocenters. The van der Waals surface area contributed by atoms with Gasteiger partial charge in [-0.1, -0.05) is 0 Å². The molecule has 0 aromatic carbocycles. The number of anilines is 1. The van der Waals surface area contributed by atoms with E-state index in [1.54, 1.807) is 24.7 Å². The zero-order valence-corrected chi connectivity index (χ0v) is 9.45. The smallest absolute Gasteiger partial charge is 0.154 e. The molecule has 0 aliphatic rings. The average molecular weight is 238 g/mol. The Balaban J connectivity index is 2.21. The number of aromatic nitrogens is 3. The molecule has 2 N–H and O–H groups in total. The fourth-order valence-electron chi connectivity index (χ4n) is 1.71. The molecule has 0 atom stereocenters. The van der Waals surface area contributed by atoms with Crippen LogP contribution in [0.3, 0.4) is 0 Å². The van der Waals surface area contributed by atoms with Crippen molar-refractivity contribution >= 4 is 5.82 Å². The zero-order valence-electron chi connectivity index (χ0n) is 9.45. The van der Waals surface area contributed by atoms with Gasteiger partial charge in [0.1, 0.15) is 11.5 Å². The highest BCUT2D eigenvalue weighted by Gasteiger charge is 2.13. The Hall–Kier alpha value is -2.69. The summed E-state index contributed by atoms with van der Waals surface area (Å²) in [6, 6.07) is 7.37. The zero-order chi connectivity index (χ0) is 12.4. The lowest BCUT2D eigenvalue weighted by Gasteiger charge is -2.06. The van der Waals surface area contributed by atoms with Crippen LogP contribution in [0.1, 0.15) is 0 Å². The molecule has 88 valence electrons. The number of nitrogens with zero attached hydrogens (tertiary/aromatic N) is 3. The van der Waals surface area contributed by atoms with E-state index in [4.69, 9.17) is 10.2 Å². The summed E-state index contributed by atoms with van der Waals surface area (Å²) in [4.78, 5) is 12.6. The standard InChI is InChI=1S/C13H10N4O/c14-11-8-16-12(9-3-5-15-6-4-9)13(17-11)10-2-1-7-18-10/h1-8H,(H2,14,17). The fourth-order valence-corrected chi connectivity index (χ4v) is 1.71. The van der Waals surface area contributed by atoms with E-state index >= 15 is 0 Å². The fraction of sp³-hybridized carbons (Fsp3) is 0. The lowest BCUT2D eigenvalue weighted by molar-refractivity contribution is 0.580. The number of nitrogen functional groups attached to an aromatic ring is 1. The molecule has 3 rings (SSSR count). The molecule has 3 heterocycles. The molecule has 0 radical (unpaired) electrons. The molecular formula is C13H10N4O. The Labute approximate surface area is 103 Å². The first-order valence-electron chi connectivity index (χ1n) is 5.41. The van der Waals surface area contributed by atoms with Gasteiger partial charge in [-0.25, -0.2) is 9.97 Å². The van der Waals surface area contributed by atoms with Crippen molar-refractivity contribution in [3.05, 3.63) is 49.1 Å². The van der Waals surface area contributed by atoms with E-state index in [0.717, 1.165) is 11.3 Å². The van der Waals surface area contributed by atoms with E-state index in [1.165, 1.54) is 6.20 Å². The van der Waals surface area contributed by atoms with Crippen LogP contribution in [0.5, 0.6) is 0 Å². The summed E-state index contributed by atoms with van der Waals surface area (Å²) < 4.78 is 5.36. The number of hydrogen-bond donors (Lipinski definition) is 1. The second kappa shape index (κ2) is 4.29. The van der Waals surface area contributed by atoms with E-state index in [1.807, 2.05) is 18.2 Å². The van der Waals surface area contributed by atoms with Crippen LogP contribution < -0.4 is 5.73 Å². The van der Waals surface area contributed by atoms with Crippen molar-refractivity contribution in [3.8, 4) is 22.7 Å². The van der Waals surface area contributed by atoms with Crippen molar-refractivity contribution in [2.45, 2.75) is 0 Å². The minimum absolute atomic E-state index is 0.360. The molecular weight excluding hydrogens is 228 g/mol. The van der Waals surface area contributed by atoms with Crippen molar-refractivity contribution in [2.75, 3.05) is 5.73 Å². The number of rotatable bonds is 2. The van der Waals surface area contributed by atoms with Gasteiger partial charge in [0.25, 0.3) is 0 Å². The average Bonchev–Trinajstić information content (AvgIpc) is 2.93. The van der Waals surface area contributed by atoms with Gasteiger partial charge >= 0.3 is 0 Å². The third kappa shape index (κ3) is 1.82. The summed E-state index contributed by atoms with van der Waals surface area (Å²) in [6.45, 7) is 0. The highest BCUT2D eigenvalue weighted by molar-refractivity contribution is 5.75. The third-order valence-corrected chi connectivity index (χ3v) is 2.50. The topological polar surface area (TPSA) is 77.8 Å². The van der Waals surface area contributed by atoms with Crippen LogP contribution in [0.15, 0.2) is 53.5 Å². The summed E-state index contributed by atoms with van der Waals surface area (Å²) in [6.07, 6.45) is 6.54. The van der Waals surface area contributed by atoms with Crippen LogP contribution in [0.4, 0.5) is 5.82 Å². The Kier molecular flexibility index (Phi) is 2.49. The second-order valence-corrected chi connectivity index (χ2v) is 3.71. The highest BCUT2D eigenvalue weighted by Crippen LogP contribution is 2.28. The normalized spacial score (nSPS) is 10.4. The van der Waals surface area contributed by atoms with Crippen LogP contribution in [0, 0.1) is 0 Å². The SMILES string of the molecule is Nc1cnc(-c2ccncc2)c(-c2ccco2)n1. The predicted octanol–water partition coefficient (Wildman–Crippen LogP) is 2.38. The first kappa shape index (κ1) is 10.5. The largest absolute Gasteiger partial charge is 0.463 e. The minimum atomic E-state index is 0.360. The molecule has 0 aliphatic heterocycles. The number of nitrogens with two attached hydrogens (primary N) is 1. The molecule has 18 heavy (non-hydrogen) atoms. The summed E-state index contributed by atoms with van der Waals surface area (Å²) >= 11 is 0. The monoisotopic (exact) mass is 238 g/mol. The van der Waals surface area contributed by atoms with Gasteiger partial charge in [-0.2, -0.15) is 0 Å². The van der Waals surface area contributed by atoms with Gasteiger partial charge < -0.3 is 10.2 Å². The van der Waals surface area contributed by atoms with Gasteiger partial charge in [0.2, 0.25) is 0 Å². The van der Waals surface area contributed by atoms with Crippen molar-refractivity contribution < 1.29 is 4.42 Å². The lowest BCUT2D eigenvalue weighted by atomic mass is 10.1. The highest BCUT2D eigenvalue weighted by atomic mass is 16.3. The number of pyridine rings is 1. The third-order valence-electron chi connectivity index (χ3n) is 2.50. The minimum Gasteiger partial charge on any atom is -0.463 e. The number of hydrogen-bond acceptors (Lipinski definition) is 5. The van der Waals surface area contributed by atoms with Crippen molar-refractivity contribution in [3.63, 3.8) is 0 Å². The van der Waals surface area contributed by atoms with E-state index in [2.05, 4.69) is 15.0 Å². The summed E-state index contributed by atoms with van der Waals surface area (Å²) in [5.74, 6) is 1.00. The van der Waals surface area contributed by atoms with E-state index in [0.29, 0.717) is 17.3 Å². The van der Waals surface area contributed by atoms with Crippen LogP contribution in [0.25, 0.3) is 22.7 Å². The van der Waals surface area contributed by atoms with Crippen LogP contribution in [-0.2, 0) is 0 Å². The Bertz CT molecular complexity index is 650. The quantitative estimate of drug-likeness (QED) is 0.741. The maximum absolute atomic E-state index is 5.68. The maximum Gasteiger partial charge on any atom is 0.154 e. The second-order valence-electron chi connectivity index (χ2n) is 3.71. The van der Waals surface area contributed by atoms with E-state index in [-0.39, 0.29) is 0 Å². The Morgan fingerprint density at radius 1 is 1.06 bits per heavy atom. The van der Waals surface area contributed by atoms with Gasteiger partial charge in [-0.05, 0) is 24.3 Å². The molecule has 3 aromatic heterocycles. The van der Waals surface area contributed by atoms with Crippen molar-refractivity contribution in [2.24, 2.45) is 0 Å². The van der Waals surface area contributed by atoms with Crippen molar-refractivity contribution in [1.29, 1.82) is 0 Å². The molecule has 5 nitrogen and oxygen atoms in total. The van der Waals surface area contributed by atoms with E-state index in [9.17, 15) is 0 Å². The van der Waals surface area contributed by atoms with Gasteiger partial charge in [-0.15, -0.1) is 0 Å². The molecule has 0 saturated heterocycles. The van der Waals surface area contributed by atoms with Gasteiger partial charge in [0.05, 0.1) is 18.2 Å². The van der Waals surface area contributed by atoms with E-state index < -0.39 is 0 Å². The first-order valence-corrected chi connectivity index (χ1v) is 5.41. The van der Waals surface area contributed by atoms with Gasteiger partial charge in [-0.3, -0.25) is 4.98 Å². The predicted molar refractivity (Wildman–Crippen MR) is 67.4 cm³/mol. The van der Waals surface area contributed by atoms with Crippen LogP contribution in [-0.4, -0.2) is 15.0 Å². The van der Waals surface area contributed by atoms with Crippen LogP contribution in [0.2, 0.25) is 0 Å². The summed E-state index contributed by atoms with van der Waals surface area (Å²) in [5, 5.41) is 0. The Morgan fingerprint density at radius 3 is 2.61 bits per heavy atom. The van der Waals surface area contributed by atoms with Crippen LogP contribution >= 0.6 is 0 Å². The van der Waals surface area contributed by atoms with Gasteiger partial charge in [0, 0.05) is 18.0 Å². The summed E-state index contributed by atoms with van der Waals surface area (Å²) in [7, 11) is 0. The van der Waals surface area contributed by atoms with Gasteiger partial charge in [0.15, 0.2) is 5.76 Å².